The maximum Gasteiger partial charge on any atom is 0.252 e. The second-order valence-electron chi connectivity index (χ2n) is 2.46. The number of hydrogen-bond acceptors (Lipinski definition) is 5. The summed E-state index contributed by atoms with van der Waals surface area (Å²) in [7, 11) is 0. The summed E-state index contributed by atoms with van der Waals surface area (Å²) >= 11 is 7.05. The Morgan fingerprint density at radius 3 is 3.00 bits per heavy atom. The molecule has 2 heterocycles. The molecule has 0 aliphatic heterocycles. The number of aromatic nitrogens is 4. The van der Waals surface area contributed by atoms with Gasteiger partial charge in [0.15, 0.2) is 4.47 Å². The van der Waals surface area contributed by atoms with Crippen molar-refractivity contribution >= 4 is 22.9 Å². The Morgan fingerprint density at radius 2 is 2.43 bits per heavy atom. The van der Waals surface area contributed by atoms with E-state index in [1.807, 2.05) is 6.07 Å². The maximum atomic E-state index is 8.50. The van der Waals surface area contributed by atoms with Crippen LogP contribution in [0.15, 0.2) is 12.5 Å². The van der Waals surface area contributed by atoms with Crippen LogP contribution in [0.1, 0.15) is 10.7 Å². The quantitative estimate of drug-likeness (QED) is 0.773. The lowest BCUT2D eigenvalue weighted by Crippen LogP contribution is -1.98. The van der Waals surface area contributed by atoms with E-state index in [0.29, 0.717) is 11.0 Å². The lowest BCUT2D eigenvalue weighted by molar-refractivity contribution is 0.689. The molecule has 0 saturated carbocycles. The number of rotatable bonds is 2. The number of thiazole rings is 1. The molecule has 0 atom stereocenters. The molecular weight excluding hydrogens is 222 g/mol. The van der Waals surface area contributed by atoms with Crippen molar-refractivity contribution in [3.05, 3.63) is 27.7 Å². The fraction of sp³-hybridized carbons (Fsp3) is 0.143. The van der Waals surface area contributed by atoms with Crippen molar-refractivity contribution in [3.8, 4) is 6.07 Å². The zero-order chi connectivity index (χ0) is 9.97. The van der Waals surface area contributed by atoms with Gasteiger partial charge in [-0.1, -0.05) is 11.6 Å². The zero-order valence-electron chi connectivity index (χ0n) is 6.88. The Morgan fingerprint density at radius 1 is 1.57 bits per heavy atom. The number of nitrogens with zero attached hydrogens (tertiary/aromatic N) is 5. The fourth-order valence-corrected chi connectivity index (χ4v) is 1.91. The summed E-state index contributed by atoms with van der Waals surface area (Å²) in [6.45, 7) is 0.541. The van der Waals surface area contributed by atoms with Gasteiger partial charge in [-0.05, 0) is 0 Å². The maximum absolute atomic E-state index is 8.50. The van der Waals surface area contributed by atoms with Crippen molar-refractivity contribution in [2.45, 2.75) is 6.54 Å². The molecule has 0 N–H and O–H groups in total. The monoisotopic (exact) mass is 225 g/mol. The second-order valence-corrected chi connectivity index (χ2v) is 4.15. The molecule has 0 amide bonds. The Kier molecular flexibility index (Phi) is 2.43. The summed E-state index contributed by atoms with van der Waals surface area (Å²) in [6, 6.07) is 1.86. The first-order valence-corrected chi connectivity index (χ1v) is 4.87. The van der Waals surface area contributed by atoms with E-state index in [-0.39, 0.29) is 5.82 Å². The molecule has 5 nitrogen and oxygen atoms in total. The van der Waals surface area contributed by atoms with E-state index in [4.69, 9.17) is 16.9 Å². The van der Waals surface area contributed by atoms with Gasteiger partial charge < -0.3 is 0 Å². The van der Waals surface area contributed by atoms with E-state index in [2.05, 4.69) is 15.1 Å². The van der Waals surface area contributed by atoms with Crippen LogP contribution in [0.3, 0.4) is 0 Å². The van der Waals surface area contributed by atoms with E-state index in [1.165, 1.54) is 17.7 Å². The van der Waals surface area contributed by atoms with Gasteiger partial charge in [-0.2, -0.15) is 5.26 Å². The normalized spacial score (nSPS) is 10.0. The van der Waals surface area contributed by atoms with Crippen molar-refractivity contribution in [1.82, 2.24) is 19.7 Å². The van der Waals surface area contributed by atoms with Crippen molar-refractivity contribution < 1.29 is 0 Å². The van der Waals surface area contributed by atoms with Crippen LogP contribution in [-0.2, 0) is 6.54 Å². The highest BCUT2D eigenvalue weighted by molar-refractivity contribution is 7.15. The largest absolute Gasteiger partial charge is 0.252 e. The van der Waals surface area contributed by atoms with Crippen molar-refractivity contribution in [1.29, 1.82) is 5.26 Å². The van der Waals surface area contributed by atoms with Gasteiger partial charge in [0.1, 0.15) is 12.4 Å². The first-order chi connectivity index (χ1) is 6.78. The van der Waals surface area contributed by atoms with Crippen LogP contribution < -0.4 is 0 Å². The zero-order valence-corrected chi connectivity index (χ0v) is 8.46. The molecule has 2 aromatic heterocycles. The lowest BCUT2D eigenvalue weighted by atomic mass is 10.5. The topological polar surface area (TPSA) is 67.4 Å². The third kappa shape index (κ3) is 1.89. The molecule has 0 aliphatic rings. The minimum Gasteiger partial charge on any atom is -0.246 e. The van der Waals surface area contributed by atoms with E-state index in [1.54, 1.807) is 10.9 Å². The first kappa shape index (κ1) is 9.12. The Labute approximate surface area is 88.6 Å². The molecule has 0 unspecified atom stereocenters. The summed E-state index contributed by atoms with van der Waals surface area (Å²) in [5.74, 6) is 0.167. The van der Waals surface area contributed by atoms with Gasteiger partial charge in [-0.3, -0.25) is 0 Å². The Bertz CT molecular complexity index is 482. The number of halogens is 1. The Hall–Kier alpha value is -1.45. The summed E-state index contributed by atoms with van der Waals surface area (Å²) < 4.78 is 2.07. The SMILES string of the molecule is N#Cc1ncn(Cc2cnc(Cl)s2)n1. The van der Waals surface area contributed by atoms with Gasteiger partial charge in [-0.25, -0.2) is 14.6 Å². The molecule has 14 heavy (non-hydrogen) atoms. The molecule has 0 aliphatic carbocycles. The van der Waals surface area contributed by atoms with Gasteiger partial charge in [0, 0.05) is 11.1 Å². The van der Waals surface area contributed by atoms with Gasteiger partial charge >= 0.3 is 0 Å². The van der Waals surface area contributed by atoms with Crippen LogP contribution in [0, 0.1) is 11.3 Å². The minimum atomic E-state index is 0.167. The fourth-order valence-electron chi connectivity index (χ4n) is 0.938. The van der Waals surface area contributed by atoms with Crippen LogP contribution in [-0.4, -0.2) is 19.7 Å². The lowest BCUT2D eigenvalue weighted by Gasteiger charge is -1.93. The van der Waals surface area contributed by atoms with Crippen LogP contribution in [0.25, 0.3) is 0 Å². The molecule has 2 aromatic rings. The molecule has 2 rings (SSSR count). The molecule has 0 saturated heterocycles. The highest BCUT2D eigenvalue weighted by atomic mass is 35.5. The van der Waals surface area contributed by atoms with Crippen LogP contribution >= 0.6 is 22.9 Å². The summed E-state index contributed by atoms with van der Waals surface area (Å²) in [4.78, 5) is 8.65. The van der Waals surface area contributed by atoms with Gasteiger partial charge in [0.2, 0.25) is 0 Å². The van der Waals surface area contributed by atoms with Crippen LogP contribution in [0.4, 0.5) is 0 Å². The molecule has 0 bridgehead atoms. The molecule has 0 aromatic carbocycles. The molecule has 7 heteroatoms. The summed E-state index contributed by atoms with van der Waals surface area (Å²) in [5, 5.41) is 12.4. The smallest absolute Gasteiger partial charge is 0.246 e. The van der Waals surface area contributed by atoms with E-state index < -0.39 is 0 Å². The molecular formula is C7H4ClN5S. The summed E-state index contributed by atoms with van der Waals surface area (Å²) in [5.41, 5.74) is 0. The number of nitriles is 1. The van der Waals surface area contributed by atoms with Crippen molar-refractivity contribution in [2.24, 2.45) is 0 Å². The van der Waals surface area contributed by atoms with E-state index in [0.717, 1.165) is 4.88 Å². The average Bonchev–Trinajstić information content (AvgIpc) is 2.76. The van der Waals surface area contributed by atoms with Gasteiger partial charge in [0.25, 0.3) is 5.82 Å². The molecule has 0 spiro atoms. The predicted octanol–water partition coefficient (Wildman–Crippen LogP) is 1.31. The average molecular weight is 226 g/mol. The predicted molar refractivity (Wildman–Crippen MR) is 51.0 cm³/mol. The molecule has 70 valence electrons. The van der Waals surface area contributed by atoms with Gasteiger partial charge in [-0.15, -0.1) is 16.4 Å². The summed E-state index contributed by atoms with van der Waals surface area (Å²) in [6.07, 6.45) is 3.19. The third-order valence-corrected chi connectivity index (χ3v) is 2.58. The van der Waals surface area contributed by atoms with E-state index >= 15 is 0 Å². The van der Waals surface area contributed by atoms with E-state index in [9.17, 15) is 0 Å². The van der Waals surface area contributed by atoms with Crippen LogP contribution in [0.5, 0.6) is 0 Å². The molecule has 0 radical (unpaired) electrons. The molecule has 0 fully saturated rings. The second kappa shape index (κ2) is 3.74. The standard InChI is InChI=1S/C7H4ClN5S/c8-7-10-2-5(14-7)3-13-4-11-6(1-9)12-13/h2,4H,3H2. The van der Waals surface area contributed by atoms with Crippen LogP contribution in [0.2, 0.25) is 4.47 Å². The number of hydrogen-bond donors (Lipinski definition) is 0. The minimum absolute atomic E-state index is 0.167. The van der Waals surface area contributed by atoms with Crippen molar-refractivity contribution in [3.63, 3.8) is 0 Å². The third-order valence-electron chi connectivity index (χ3n) is 1.48. The van der Waals surface area contributed by atoms with Gasteiger partial charge in [0.05, 0.1) is 6.54 Å². The highest BCUT2D eigenvalue weighted by Crippen LogP contribution is 2.18. The first-order valence-electron chi connectivity index (χ1n) is 3.67. The van der Waals surface area contributed by atoms with Crippen molar-refractivity contribution in [2.75, 3.05) is 0 Å². The Balaban J connectivity index is 2.15. The highest BCUT2D eigenvalue weighted by Gasteiger charge is 2.03.